The lowest BCUT2D eigenvalue weighted by Crippen LogP contribution is -2.48. The molecule has 3 heterocycles. The first-order chi connectivity index (χ1) is 16.6. The summed E-state index contributed by atoms with van der Waals surface area (Å²) in [5, 5.41) is 18.7. The van der Waals surface area contributed by atoms with Gasteiger partial charge in [0, 0.05) is 38.2 Å². The number of carboxylic acids is 1. The van der Waals surface area contributed by atoms with Crippen LogP contribution >= 0.6 is 24.0 Å². The Kier molecular flexibility index (Phi) is 8.74. The van der Waals surface area contributed by atoms with E-state index in [0.717, 1.165) is 11.8 Å². The van der Waals surface area contributed by atoms with Gasteiger partial charge in [-0.25, -0.2) is 0 Å². The SMILES string of the molecule is CCCn1c(N2CC(C)OC(C)C2)c(/C=C2/SC(=S)N(CCCC(=O)O)C2=O)c(C)c(C#N)c1=O. The number of ether oxygens (including phenoxy) is 1. The van der Waals surface area contributed by atoms with Gasteiger partial charge in [-0.15, -0.1) is 0 Å². The van der Waals surface area contributed by atoms with Gasteiger partial charge in [-0.05, 0) is 45.3 Å². The number of aromatic nitrogens is 1. The number of carbonyl (C=O) groups is 2. The van der Waals surface area contributed by atoms with E-state index in [-0.39, 0.29) is 42.2 Å². The molecule has 0 radical (unpaired) electrons. The second kappa shape index (κ2) is 11.4. The van der Waals surface area contributed by atoms with Crippen molar-refractivity contribution >= 4 is 52.1 Å². The molecule has 0 aromatic carbocycles. The summed E-state index contributed by atoms with van der Waals surface area (Å²) in [4.78, 5) is 41.2. The van der Waals surface area contributed by atoms with Crippen molar-refractivity contribution in [3.05, 3.63) is 31.9 Å². The molecule has 1 N–H and O–H groups in total. The molecule has 35 heavy (non-hydrogen) atoms. The number of thioether (sulfide) groups is 1. The Hall–Kier alpha value is -2.68. The van der Waals surface area contributed by atoms with E-state index in [9.17, 15) is 19.6 Å². The number of carboxylic acid groups (broad SMARTS) is 1. The number of amides is 1. The topological polar surface area (TPSA) is 116 Å². The number of anilines is 1. The maximum absolute atomic E-state index is 13.3. The van der Waals surface area contributed by atoms with Gasteiger partial charge in [0.05, 0.1) is 17.1 Å². The van der Waals surface area contributed by atoms with Crippen LogP contribution in [0.4, 0.5) is 5.82 Å². The fraction of sp³-hybridized carbons (Fsp3) is 0.542. The van der Waals surface area contributed by atoms with Crippen LogP contribution in [0.5, 0.6) is 0 Å². The largest absolute Gasteiger partial charge is 0.481 e. The van der Waals surface area contributed by atoms with Crippen LogP contribution < -0.4 is 10.5 Å². The standard InChI is InChI=1S/C24H30N4O5S2/c1-5-8-27-21(26-12-14(2)33-15(3)13-26)17(16(4)18(11-25)22(27)31)10-19-23(32)28(24(34)35-19)9-6-7-20(29)30/h10,14-15H,5-9,12-13H2,1-4H3,(H,29,30)/b19-10+. The molecule has 1 aromatic heterocycles. The summed E-state index contributed by atoms with van der Waals surface area (Å²) < 4.78 is 7.89. The molecular weight excluding hydrogens is 488 g/mol. The van der Waals surface area contributed by atoms with Gasteiger partial charge in [-0.2, -0.15) is 5.26 Å². The van der Waals surface area contributed by atoms with Crippen LogP contribution in [0.2, 0.25) is 0 Å². The highest BCUT2D eigenvalue weighted by molar-refractivity contribution is 8.26. The van der Waals surface area contributed by atoms with Crippen LogP contribution in [0.3, 0.4) is 0 Å². The Morgan fingerprint density at radius 1 is 1.29 bits per heavy atom. The minimum Gasteiger partial charge on any atom is -0.481 e. The second-order valence-electron chi connectivity index (χ2n) is 8.80. The monoisotopic (exact) mass is 518 g/mol. The molecular formula is C24H30N4O5S2. The van der Waals surface area contributed by atoms with Gasteiger partial charge in [-0.1, -0.05) is 30.9 Å². The predicted molar refractivity (Wildman–Crippen MR) is 139 cm³/mol. The number of nitrogens with zero attached hydrogens (tertiary/aromatic N) is 4. The molecule has 2 aliphatic rings. The number of carbonyl (C=O) groups excluding carboxylic acids is 1. The number of aliphatic carboxylic acids is 1. The van der Waals surface area contributed by atoms with Crippen molar-refractivity contribution in [2.45, 2.75) is 65.7 Å². The van der Waals surface area contributed by atoms with Gasteiger partial charge in [0.2, 0.25) is 0 Å². The van der Waals surface area contributed by atoms with E-state index in [1.165, 1.54) is 4.90 Å². The molecule has 2 fully saturated rings. The molecule has 1 amide bonds. The summed E-state index contributed by atoms with van der Waals surface area (Å²) in [5.41, 5.74) is 0.872. The van der Waals surface area contributed by atoms with E-state index in [1.54, 1.807) is 17.6 Å². The Balaban J connectivity index is 2.14. The summed E-state index contributed by atoms with van der Waals surface area (Å²) in [5.74, 6) is -0.555. The van der Waals surface area contributed by atoms with Gasteiger partial charge in [0.1, 0.15) is 21.8 Å². The van der Waals surface area contributed by atoms with Crippen molar-refractivity contribution in [3.8, 4) is 6.07 Å². The third-order valence-electron chi connectivity index (χ3n) is 5.93. The van der Waals surface area contributed by atoms with Crippen molar-refractivity contribution in [3.63, 3.8) is 0 Å². The van der Waals surface area contributed by atoms with Gasteiger partial charge >= 0.3 is 5.97 Å². The van der Waals surface area contributed by atoms with Gasteiger partial charge < -0.3 is 14.7 Å². The zero-order chi connectivity index (χ0) is 25.9. The lowest BCUT2D eigenvalue weighted by atomic mass is 10.0. The molecule has 188 valence electrons. The molecule has 0 saturated carbocycles. The molecule has 0 spiro atoms. The van der Waals surface area contributed by atoms with Crippen molar-refractivity contribution in [1.82, 2.24) is 9.47 Å². The number of thiocarbonyl (C=S) groups is 1. The molecule has 1 aromatic rings. The number of nitriles is 1. The van der Waals surface area contributed by atoms with Crippen LogP contribution in [0.15, 0.2) is 9.70 Å². The zero-order valence-corrected chi connectivity index (χ0v) is 22.0. The van der Waals surface area contributed by atoms with Crippen LogP contribution in [0.25, 0.3) is 6.08 Å². The van der Waals surface area contributed by atoms with E-state index < -0.39 is 5.97 Å². The number of rotatable bonds is 8. The molecule has 2 aliphatic heterocycles. The average molecular weight is 519 g/mol. The normalized spacial score (nSPS) is 21.6. The highest BCUT2D eigenvalue weighted by Gasteiger charge is 2.34. The van der Waals surface area contributed by atoms with Gasteiger partial charge in [0.25, 0.3) is 11.5 Å². The quantitative estimate of drug-likeness (QED) is 0.409. The lowest BCUT2D eigenvalue weighted by Gasteiger charge is -2.39. The summed E-state index contributed by atoms with van der Waals surface area (Å²) in [6.07, 6.45) is 2.54. The first-order valence-electron chi connectivity index (χ1n) is 11.6. The molecule has 11 heteroatoms. The van der Waals surface area contributed by atoms with E-state index in [1.807, 2.05) is 20.8 Å². The summed E-state index contributed by atoms with van der Waals surface area (Å²) in [6, 6.07) is 2.05. The minimum atomic E-state index is -0.928. The maximum atomic E-state index is 13.3. The van der Waals surface area contributed by atoms with Crippen LogP contribution in [-0.2, 0) is 20.9 Å². The van der Waals surface area contributed by atoms with Gasteiger partial charge in [-0.3, -0.25) is 23.9 Å². The minimum absolute atomic E-state index is 0.0553. The third-order valence-corrected chi connectivity index (χ3v) is 7.31. The number of hydrogen-bond donors (Lipinski definition) is 1. The molecule has 0 aliphatic carbocycles. The third kappa shape index (κ3) is 5.77. The Morgan fingerprint density at radius 3 is 2.51 bits per heavy atom. The first kappa shape index (κ1) is 26.9. The first-order valence-corrected chi connectivity index (χ1v) is 12.9. The van der Waals surface area contributed by atoms with Crippen molar-refractivity contribution in [1.29, 1.82) is 5.26 Å². The fourth-order valence-electron chi connectivity index (χ4n) is 4.48. The second-order valence-corrected chi connectivity index (χ2v) is 10.5. The van der Waals surface area contributed by atoms with Crippen LogP contribution in [0.1, 0.15) is 56.7 Å². The highest BCUT2D eigenvalue weighted by Crippen LogP contribution is 2.36. The van der Waals surface area contributed by atoms with Gasteiger partial charge in [0.15, 0.2) is 0 Å². The van der Waals surface area contributed by atoms with E-state index in [2.05, 4.69) is 11.0 Å². The summed E-state index contributed by atoms with van der Waals surface area (Å²) >= 11 is 6.54. The predicted octanol–water partition coefficient (Wildman–Crippen LogP) is 3.12. The maximum Gasteiger partial charge on any atom is 0.303 e. The fourth-order valence-corrected chi connectivity index (χ4v) is 5.77. The molecule has 2 saturated heterocycles. The average Bonchev–Trinajstić information content (AvgIpc) is 3.04. The summed E-state index contributed by atoms with van der Waals surface area (Å²) in [6.45, 7) is 9.43. The highest BCUT2D eigenvalue weighted by atomic mass is 32.2. The molecule has 0 bridgehead atoms. The van der Waals surface area contributed by atoms with E-state index in [0.29, 0.717) is 58.6 Å². The van der Waals surface area contributed by atoms with E-state index in [4.69, 9.17) is 22.1 Å². The van der Waals surface area contributed by atoms with E-state index >= 15 is 0 Å². The van der Waals surface area contributed by atoms with Crippen molar-refractivity contribution in [2.75, 3.05) is 24.5 Å². The molecule has 9 nitrogen and oxygen atoms in total. The lowest BCUT2D eigenvalue weighted by molar-refractivity contribution is -0.137. The Morgan fingerprint density at radius 2 is 1.94 bits per heavy atom. The Labute approximate surface area is 214 Å². The van der Waals surface area contributed by atoms with Crippen molar-refractivity contribution < 1.29 is 19.4 Å². The molecule has 2 unspecified atom stereocenters. The zero-order valence-electron chi connectivity index (χ0n) is 20.4. The number of hydrogen-bond acceptors (Lipinski definition) is 8. The van der Waals surface area contributed by atoms with Crippen LogP contribution in [-0.4, -0.2) is 62.6 Å². The number of morpholine rings is 1. The van der Waals surface area contributed by atoms with Crippen molar-refractivity contribution in [2.24, 2.45) is 0 Å². The smallest absolute Gasteiger partial charge is 0.303 e. The van der Waals surface area contributed by atoms with Crippen LogP contribution in [0, 0.1) is 18.3 Å². The summed E-state index contributed by atoms with van der Waals surface area (Å²) in [7, 11) is 0. The number of pyridine rings is 1. The molecule has 3 rings (SSSR count). The Bertz CT molecular complexity index is 1160. The molecule has 2 atom stereocenters.